The predicted octanol–water partition coefficient (Wildman–Crippen LogP) is 3.51. The molecule has 0 atom stereocenters. The molecule has 1 aromatic heterocycles. The predicted molar refractivity (Wildman–Crippen MR) is 107 cm³/mol. The molecule has 1 aliphatic rings. The monoisotopic (exact) mass is 396 g/mol. The van der Waals surface area contributed by atoms with Gasteiger partial charge in [-0.1, -0.05) is 6.58 Å². The lowest BCUT2D eigenvalue weighted by atomic mass is 9.99. The second kappa shape index (κ2) is 8.79. The van der Waals surface area contributed by atoms with Crippen LogP contribution >= 0.6 is 0 Å². The number of oxazole rings is 1. The van der Waals surface area contributed by atoms with E-state index in [1.165, 1.54) is 13.5 Å². The van der Waals surface area contributed by atoms with Crippen molar-refractivity contribution in [2.45, 2.75) is 6.42 Å². The smallest absolute Gasteiger partial charge is 0.404 e. The molecule has 29 heavy (non-hydrogen) atoms. The number of carbonyl (C=O) groups excluding carboxylic acids is 1. The van der Waals surface area contributed by atoms with Crippen LogP contribution in [0.25, 0.3) is 11.3 Å². The Morgan fingerprint density at radius 2 is 2.14 bits per heavy atom. The summed E-state index contributed by atoms with van der Waals surface area (Å²) in [6, 6.07) is 4.68. The van der Waals surface area contributed by atoms with E-state index >= 15 is 0 Å². The van der Waals surface area contributed by atoms with Gasteiger partial charge in [0.2, 0.25) is 0 Å². The first-order valence-corrected chi connectivity index (χ1v) is 8.65. The average Bonchev–Trinajstić information content (AvgIpc) is 3.20. The number of urea groups is 1. The standard InChI is InChI=1S/C20H20N4O5/c1-12-5-13(9-22-20(26)27)7-15(6-12)24-19(25)23-14-3-4-16(17(8-14)28-2)18-10-21-11-29-18/h3-4,6-8,10-11,22H,1,5,9H2,2H3,(H,26,27)(H2,23,24,25). The molecule has 9 nitrogen and oxygen atoms in total. The third-order valence-electron chi connectivity index (χ3n) is 4.06. The lowest BCUT2D eigenvalue weighted by Gasteiger charge is -2.17. The largest absolute Gasteiger partial charge is 0.496 e. The van der Waals surface area contributed by atoms with Crippen molar-refractivity contribution < 1.29 is 23.8 Å². The van der Waals surface area contributed by atoms with Gasteiger partial charge in [-0.25, -0.2) is 14.6 Å². The lowest BCUT2D eigenvalue weighted by molar-refractivity contribution is 0.195. The van der Waals surface area contributed by atoms with Gasteiger partial charge in [-0.15, -0.1) is 0 Å². The number of carbonyl (C=O) groups is 2. The van der Waals surface area contributed by atoms with Crippen molar-refractivity contribution in [3.8, 4) is 17.1 Å². The number of ether oxygens (including phenoxy) is 1. The normalized spacial score (nSPS) is 13.2. The van der Waals surface area contributed by atoms with E-state index in [-0.39, 0.29) is 6.54 Å². The molecule has 0 radical (unpaired) electrons. The van der Waals surface area contributed by atoms with Crippen LogP contribution in [0, 0.1) is 0 Å². The van der Waals surface area contributed by atoms with E-state index in [0.29, 0.717) is 34.9 Å². The summed E-state index contributed by atoms with van der Waals surface area (Å²) in [4.78, 5) is 26.9. The minimum atomic E-state index is -1.11. The highest BCUT2D eigenvalue weighted by atomic mass is 16.5. The molecule has 0 unspecified atom stereocenters. The van der Waals surface area contributed by atoms with Crippen LogP contribution < -0.4 is 20.7 Å². The Morgan fingerprint density at radius 3 is 2.83 bits per heavy atom. The third-order valence-corrected chi connectivity index (χ3v) is 4.06. The Hall–Kier alpha value is -4.01. The van der Waals surface area contributed by atoms with Gasteiger partial charge in [0.25, 0.3) is 0 Å². The number of hydrogen-bond donors (Lipinski definition) is 4. The fourth-order valence-corrected chi connectivity index (χ4v) is 2.86. The number of nitrogens with zero attached hydrogens (tertiary/aromatic N) is 1. The molecule has 1 aliphatic carbocycles. The summed E-state index contributed by atoms with van der Waals surface area (Å²) >= 11 is 0. The van der Waals surface area contributed by atoms with Crippen molar-refractivity contribution in [3.05, 3.63) is 66.4 Å². The highest BCUT2D eigenvalue weighted by Gasteiger charge is 2.14. The molecule has 0 bridgehead atoms. The van der Waals surface area contributed by atoms with Crippen LogP contribution in [0.5, 0.6) is 5.75 Å². The van der Waals surface area contributed by atoms with Crippen LogP contribution in [0.4, 0.5) is 15.3 Å². The molecule has 150 valence electrons. The number of amides is 3. The molecule has 0 saturated heterocycles. The molecule has 4 N–H and O–H groups in total. The zero-order chi connectivity index (χ0) is 20.8. The number of aromatic nitrogens is 1. The molecular formula is C20H20N4O5. The van der Waals surface area contributed by atoms with E-state index in [0.717, 1.165) is 11.1 Å². The van der Waals surface area contributed by atoms with Crippen LogP contribution in [-0.4, -0.2) is 35.9 Å². The van der Waals surface area contributed by atoms with E-state index in [9.17, 15) is 9.59 Å². The summed E-state index contributed by atoms with van der Waals surface area (Å²) in [6.07, 6.45) is 5.78. The van der Waals surface area contributed by atoms with Gasteiger partial charge in [0.1, 0.15) is 5.75 Å². The third kappa shape index (κ3) is 5.25. The highest BCUT2D eigenvalue weighted by Crippen LogP contribution is 2.32. The van der Waals surface area contributed by atoms with E-state index in [2.05, 4.69) is 27.5 Å². The van der Waals surface area contributed by atoms with Gasteiger partial charge < -0.3 is 30.2 Å². The van der Waals surface area contributed by atoms with Gasteiger partial charge in [0.05, 0.1) is 18.9 Å². The lowest BCUT2D eigenvalue weighted by Crippen LogP contribution is -2.29. The SMILES string of the molecule is C=C1C=C(NC(=O)Nc2ccc(-c3cnco3)c(OC)c2)C=C(CNC(=O)O)C1. The summed E-state index contributed by atoms with van der Waals surface area (Å²) in [5, 5.41) is 16.5. The zero-order valence-electron chi connectivity index (χ0n) is 15.7. The van der Waals surface area contributed by atoms with Crippen molar-refractivity contribution in [1.82, 2.24) is 15.6 Å². The van der Waals surface area contributed by atoms with Gasteiger partial charge in [0, 0.05) is 24.0 Å². The van der Waals surface area contributed by atoms with Crippen LogP contribution in [0.2, 0.25) is 0 Å². The Labute approximate surface area is 166 Å². The second-order valence-corrected chi connectivity index (χ2v) is 6.26. The second-order valence-electron chi connectivity index (χ2n) is 6.26. The summed E-state index contributed by atoms with van der Waals surface area (Å²) in [5.74, 6) is 1.07. The summed E-state index contributed by atoms with van der Waals surface area (Å²) in [7, 11) is 1.52. The summed E-state index contributed by atoms with van der Waals surface area (Å²) in [6.45, 7) is 4.06. The van der Waals surface area contributed by atoms with Crippen LogP contribution in [-0.2, 0) is 0 Å². The van der Waals surface area contributed by atoms with Gasteiger partial charge in [-0.3, -0.25) is 0 Å². The Kier molecular flexibility index (Phi) is 5.98. The number of anilines is 1. The maximum absolute atomic E-state index is 12.4. The minimum Gasteiger partial charge on any atom is -0.496 e. The molecular weight excluding hydrogens is 376 g/mol. The number of hydrogen-bond acceptors (Lipinski definition) is 5. The van der Waals surface area contributed by atoms with E-state index in [1.807, 2.05) is 0 Å². The molecule has 3 rings (SSSR count). The number of nitrogens with one attached hydrogen (secondary N) is 3. The van der Waals surface area contributed by atoms with E-state index in [4.69, 9.17) is 14.3 Å². The zero-order valence-corrected chi connectivity index (χ0v) is 15.7. The quantitative estimate of drug-likeness (QED) is 0.592. The van der Waals surface area contributed by atoms with E-state index in [1.54, 1.807) is 36.5 Å². The molecule has 9 heteroatoms. The summed E-state index contributed by atoms with van der Waals surface area (Å²) in [5.41, 5.74) is 3.32. The topological polar surface area (TPSA) is 126 Å². The van der Waals surface area contributed by atoms with Crippen molar-refractivity contribution in [1.29, 1.82) is 0 Å². The Balaban J connectivity index is 1.67. The molecule has 3 amide bonds. The van der Waals surface area contributed by atoms with Crippen LogP contribution in [0.15, 0.2) is 70.8 Å². The first kappa shape index (κ1) is 19.7. The number of methoxy groups -OCH3 is 1. The van der Waals surface area contributed by atoms with Crippen LogP contribution in [0.1, 0.15) is 6.42 Å². The molecule has 1 aromatic carbocycles. The fraction of sp³-hybridized carbons (Fsp3) is 0.150. The molecule has 1 heterocycles. The van der Waals surface area contributed by atoms with Crippen molar-refractivity contribution in [2.75, 3.05) is 19.0 Å². The van der Waals surface area contributed by atoms with Gasteiger partial charge in [0.15, 0.2) is 12.2 Å². The van der Waals surface area contributed by atoms with Crippen LogP contribution in [0.3, 0.4) is 0 Å². The molecule has 0 aliphatic heterocycles. The van der Waals surface area contributed by atoms with Crippen molar-refractivity contribution >= 4 is 17.8 Å². The molecule has 0 fully saturated rings. The highest BCUT2D eigenvalue weighted by molar-refractivity contribution is 5.91. The Bertz CT molecular complexity index is 992. The number of rotatable bonds is 6. The maximum atomic E-state index is 12.4. The van der Waals surface area contributed by atoms with Gasteiger partial charge >= 0.3 is 12.1 Å². The molecule has 0 saturated carbocycles. The number of allylic oxidation sites excluding steroid dienone is 3. The van der Waals surface area contributed by atoms with Crippen molar-refractivity contribution in [2.24, 2.45) is 0 Å². The maximum Gasteiger partial charge on any atom is 0.404 e. The fourth-order valence-electron chi connectivity index (χ4n) is 2.86. The van der Waals surface area contributed by atoms with Gasteiger partial charge in [-0.2, -0.15) is 0 Å². The number of benzene rings is 1. The molecule has 2 aromatic rings. The number of carboxylic acid groups (broad SMARTS) is 1. The Morgan fingerprint density at radius 1 is 1.31 bits per heavy atom. The molecule has 0 spiro atoms. The minimum absolute atomic E-state index is 0.162. The summed E-state index contributed by atoms with van der Waals surface area (Å²) < 4.78 is 10.7. The van der Waals surface area contributed by atoms with Crippen molar-refractivity contribution in [3.63, 3.8) is 0 Å². The van der Waals surface area contributed by atoms with E-state index < -0.39 is 12.1 Å². The van der Waals surface area contributed by atoms with Gasteiger partial charge in [-0.05, 0) is 41.9 Å². The first-order chi connectivity index (χ1) is 13.9. The first-order valence-electron chi connectivity index (χ1n) is 8.65. The average molecular weight is 396 g/mol.